The van der Waals surface area contributed by atoms with E-state index in [1.165, 1.54) is 18.2 Å². The molecule has 3 N–H and O–H groups in total. The summed E-state index contributed by atoms with van der Waals surface area (Å²) in [7, 11) is 0. The van der Waals surface area contributed by atoms with E-state index in [1.807, 2.05) is 13.8 Å². The smallest absolute Gasteiger partial charge is 0.337 e. The number of carbonyl (C=O) groups is 1. The van der Waals surface area contributed by atoms with Crippen LogP contribution in [0.5, 0.6) is 0 Å². The predicted molar refractivity (Wildman–Crippen MR) is 80.6 cm³/mol. The average molecular weight is 308 g/mol. The number of anilines is 2. The molecule has 0 atom stereocenters. The summed E-state index contributed by atoms with van der Waals surface area (Å²) >= 11 is 5.81. The highest BCUT2D eigenvalue weighted by Gasteiger charge is 2.10. The van der Waals surface area contributed by atoms with Crippen molar-refractivity contribution in [3.63, 3.8) is 0 Å². The van der Waals surface area contributed by atoms with E-state index < -0.39 is 5.97 Å². The third-order valence-corrected chi connectivity index (χ3v) is 3.11. The van der Waals surface area contributed by atoms with Gasteiger partial charge in [-0.2, -0.15) is 0 Å². The van der Waals surface area contributed by atoms with Crippen LogP contribution in [0.1, 0.15) is 35.9 Å². The average Bonchev–Trinajstić information content (AvgIpc) is 2.40. The number of carboxylic acids is 1. The number of hydrogen-bond donors (Lipinski definition) is 3. The van der Waals surface area contributed by atoms with Gasteiger partial charge in [-0.3, -0.25) is 4.79 Å². The van der Waals surface area contributed by atoms with Gasteiger partial charge in [0.1, 0.15) is 11.6 Å². The zero-order chi connectivity index (χ0) is 15.6. The number of aromatic amines is 1. The number of rotatable bonds is 4. The summed E-state index contributed by atoms with van der Waals surface area (Å²) in [5.74, 6) is -0.150. The van der Waals surface area contributed by atoms with Crippen LogP contribution in [-0.2, 0) is 0 Å². The van der Waals surface area contributed by atoms with Crippen molar-refractivity contribution in [2.24, 2.45) is 0 Å². The van der Waals surface area contributed by atoms with Crippen LogP contribution in [0, 0.1) is 0 Å². The molecular weight excluding hydrogens is 294 g/mol. The van der Waals surface area contributed by atoms with E-state index in [1.54, 1.807) is 6.07 Å². The lowest BCUT2D eigenvalue weighted by atomic mass is 10.2. The fourth-order valence-corrected chi connectivity index (χ4v) is 1.93. The SMILES string of the molecule is CC(C)c1nc(Nc2ccc(Cl)c(C(=O)O)c2)cc(=O)[nH]1. The van der Waals surface area contributed by atoms with Gasteiger partial charge < -0.3 is 15.4 Å². The minimum absolute atomic E-state index is 0.0180. The summed E-state index contributed by atoms with van der Waals surface area (Å²) in [4.78, 5) is 29.6. The quantitative estimate of drug-likeness (QED) is 0.807. The van der Waals surface area contributed by atoms with Crippen LogP contribution in [-0.4, -0.2) is 21.0 Å². The van der Waals surface area contributed by atoms with Gasteiger partial charge in [0.25, 0.3) is 5.56 Å². The molecule has 0 aliphatic carbocycles. The van der Waals surface area contributed by atoms with Gasteiger partial charge in [-0.25, -0.2) is 9.78 Å². The van der Waals surface area contributed by atoms with Gasteiger partial charge >= 0.3 is 5.97 Å². The summed E-state index contributed by atoms with van der Waals surface area (Å²) < 4.78 is 0. The lowest BCUT2D eigenvalue weighted by molar-refractivity contribution is 0.0697. The zero-order valence-electron chi connectivity index (χ0n) is 11.5. The van der Waals surface area contributed by atoms with Crippen LogP contribution >= 0.6 is 11.6 Å². The molecule has 110 valence electrons. The first kappa shape index (κ1) is 15.1. The Kier molecular flexibility index (Phi) is 4.28. The van der Waals surface area contributed by atoms with Crippen LogP contribution in [0.4, 0.5) is 11.5 Å². The highest BCUT2D eigenvalue weighted by Crippen LogP contribution is 2.22. The van der Waals surface area contributed by atoms with E-state index in [4.69, 9.17) is 16.7 Å². The second-order valence-electron chi connectivity index (χ2n) is 4.80. The molecule has 0 saturated heterocycles. The normalized spacial score (nSPS) is 10.7. The minimum atomic E-state index is -1.12. The molecule has 2 aromatic rings. The topological polar surface area (TPSA) is 95.1 Å². The lowest BCUT2D eigenvalue weighted by Crippen LogP contribution is -2.13. The maximum atomic E-state index is 11.6. The Morgan fingerprint density at radius 1 is 1.38 bits per heavy atom. The van der Waals surface area contributed by atoms with Crippen LogP contribution in [0.25, 0.3) is 0 Å². The Balaban J connectivity index is 2.36. The Labute approximate surface area is 125 Å². The third-order valence-electron chi connectivity index (χ3n) is 2.78. The Bertz CT molecular complexity index is 740. The van der Waals surface area contributed by atoms with E-state index in [0.29, 0.717) is 17.3 Å². The van der Waals surface area contributed by atoms with Gasteiger partial charge in [0.2, 0.25) is 0 Å². The molecule has 0 aliphatic heterocycles. The molecule has 1 heterocycles. The molecule has 0 amide bonds. The molecular formula is C14H14ClN3O3. The van der Waals surface area contributed by atoms with E-state index in [-0.39, 0.29) is 22.1 Å². The van der Waals surface area contributed by atoms with E-state index >= 15 is 0 Å². The maximum Gasteiger partial charge on any atom is 0.337 e. The largest absolute Gasteiger partial charge is 0.478 e. The number of benzene rings is 1. The second-order valence-corrected chi connectivity index (χ2v) is 5.20. The molecule has 1 aromatic heterocycles. The van der Waals surface area contributed by atoms with Gasteiger partial charge in [0, 0.05) is 17.7 Å². The minimum Gasteiger partial charge on any atom is -0.478 e. The number of halogens is 1. The molecule has 0 unspecified atom stereocenters. The Morgan fingerprint density at radius 2 is 2.10 bits per heavy atom. The standard InChI is InChI=1S/C14H14ClN3O3/c1-7(2)13-17-11(6-12(19)18-13)16-8-3-4-10(15)9(5-8)14(20)21/h3-7H,1-2H3,(H,20,21)(H2,16,17,18,19). The molecule has 7 heteroatoms. The first-order valence-corrected chi connectivity index (χ1v) is 6.65. The van der Waals surface area contributed by atoms with Crippen molar-refractivity contribution in [1.82, 2.24) is 9.97 Å². The number of aromatic carboxylic acids is 1. The summed E-state index contributed by atoms with van der Waals surface area (Å²) in [6.45, 7) is 3.82. The number of H-pyrrole nitrogens is 1. The molecule has 6 nitrogen and oxygen atoms in total. The Hall–Kier alpha value is -2.34. The fourth-order valence-electron chi connectivity index (χ4n) is 1.73. The van der Waals surface area contributed by atoms with E-state index in [0.717, 1.165) is 0 Å². The highest BCUT2D eigenvalue weighted by molar-refractivity contribution is 6.33. The number of nitrogens with zero attached hydrogens (tertiary/aromatic N) is 1. The van der Waals surface area contributed by atoms with Crippen molar-refractivity contribution in [3.8, 4) is 0 Å². The first-order valence-electron chi connectivity index (χ1n) is 6.28. The van der Waals surface area contributed by atoms with Crippen LogP contribution in [0.2, 0.25) is 5.02 Å². The molecule has 2 rings (SSSR count). The van der Waals surface area contributed by atoms with Crippen LogP contribution in [0.15, 0.2) is 29.1 Å². The molecule has 1 aromatic carbocycles. The monoisotopic (exact) mass is 307 g/mol. The molecule has 0 radical (unpaired) electrons. The van der Waals surface area contributed by atoms with Gasteiger partial charge in [-0.05, 0) is 18.2 Å². The van der Waals surface area contributed by atoms with E-state index in [9.17, 15) is 9.59 Å². The Morgan fingerprint density at radius 3 is 2.71 bits per heavy atom. The summed E-state index contributed by atoms with van der Waals surface area (Å²) in [5.41, 5.74) is 0.198. The third kappa shape index (κ3) is 3.61. The number of aromatic nitrogens is 2. The number of hydrogen-bond acceptors (Lipinski definition) is 4. The molecule has 0 aliphatic rings. The highest BCUT2D eigenvalue weighted by atomic mass is 35.5. The van der Waals surface area contributed by atoms with Gasteiger partial charge in [0.05, 0.1) is 10.6 Å². The van der Waals surface area contributed by atoms with E-state index in [2.05, 4.69) is 15.3 Å². The summed E-state index contributed by atoms with van der Waals surface area (Å²) in [6, 6.07) is 5.79. The summed E-state index contributed by atoms with van der Waals surface area (Å²) in [6.07, 6.45) is 0. The zero-order valence-corrected chi connectivity index (χ0v) is 12.2. The first-order chi connectivity index (χ1) is 9.86. The molecule has 21 heavy (non-hydrogen) atoms. The van der Waals surface area contributed by atoms with Crippen LogP contribution in [0.3, 0.4) is 0 Å². The number of carboxylic acid groups (broad SMARTS) is 1. The maximum absolute atomic E-state index is 11.6. The second kappa shape index (κ2) is 5.97. The van der Waals surface area contributed by atoms with Gasteiger partial charge in [0.15, 0.2) is 0 Å². The van der Waals surface area contributed by atoms with Crippen LogP contribution < -0.4 is 10.9 Å². The lowest BCUT2D eigenvalue weighted by Gasteiger charge is -2.10. The van der Waals surface area contributed by atoms with Crippen molar-refractivity contribution in [1.29, 1.82) is 0 Å². The van der Waals surface area contributed by atoms with Gasteiger partial charge in [-0.15, -0.1) is 0 Å². The predicted octanol–water partition coefficient (Wildman–Crippen LogP) is 2.99. The van der Waals surface area contributed by atoms with Gasteiger partial charge in [-0.1, -0.05) is 25.4 Å². The summed E-state index contributed by atoms with van der Waals surface area (Å²) in [5, 5.41) is 12.1. The van der Waals surface area contributed by atoms with Crippen molar-refractivity contribution >= 4 is 29.1 Å². The number of nitrogens with one attached hydrogen (secondary N) is 2. The van der Waals surface area contributed by atoms with Crippen molar-refractivity contribution in [3.05, 3.63) is 51.0 Å². The van der Waals surface area contributed by atoms with Crippen molar-refractivity contribution in [2.45, 2.75) is 19.8 Å². The molecule has 0 spiro atoms. The fraction of sp³-hybridized carbons (Fsp3) is 0.214. The molecule has 0 saturated carbocycles. The van der Waals surface area contributed by atoms with Crippen molar-refractivity contribution < 1.29 is 9.90 Å². The molecule has 0 fully saturated rings. The molecule has 0 bridgehead atoms. The van der Waals surface area contributed by atoms with Crippen molar-refractivity contribution in [2.75, 3.05) is 5.32 Å².